The van der Waals surface area contributed by atoms with Crippen LogP contribution in [0.25, 0.3) is 0 Å². The summed E-state index contributed by atoms with van der Waals surface area (Å²) in [5.41, 5.74) is -0.871. The van der Waals surface area contributed by atoms with Gasteiger partial charge in [-0.2, -0.15) is 0 Å². The number of alkyl halides is 2. The van der Waals surface area contributed by atoms with Crippen LogP contribution in [-0.4, -0.2) is 21.9 Å². The molecule has 0 bridgehead atoms. The molecule has 0 aromatic heterocycles. The molecule has 1 spiro atoms. The number of amides is 1. The van der Waals surface area contributed by atoms with Crippen LogP contribution in [0.15, 0.2) is 42.5 Å². The van der Waals surface area contributed by atoms with E-state index >= 15 is 0 Å². The van der Waals surface area contributed by atoms with Crippen molar-refractivity contribution in [2.75, 3.05) is 4.90 Å². The van der Waals surface area contributed by atoms with Gasteiger partial charge < -0.3 is 4.74 Å². The highest BCUT2D eigenvalue weighted by atomic mass is 35.5. The Balaban J connectivity index is 2.08. The molecule has 2 aliphatic rings. The number of nitrogens with zero attached hydrogens (tertiary/aromatic N) is 1. The van der Waals surface area contributed by atoms with Crippen LogP contribution in [0.5, 0.6) is 0 Å². The first-order chi connectivity index (χ1) is 8.49. The van der Waals surface area contributed by atoms with Crippen LogP contribution in [0.4, 0.5) is 5.69 Å². The smallest absolute Gasteiger partial charge is 0.333 e. The molecule has 1 atom stereocenters. The lowest BCUT2D eigenvalue weighted by Gasteiger charge is -2.54. The standard InChI is InChI=1S/C12H7Cl2NO3/c13-12(14)10(17)15(8-4-2-1-3-5-8)11(12)7-6-9(16)18-11/h1-7H. The topological polar surface area (TPSA) is 46.6 Å². The first-order valence-corrected chi connectivity index (χ1v) is 5.94. The Labute approximate surface area is 113 Å². The fourth-order valence-electron chi connectivity index (χ4n) is 2.11. The molecule has 92 valence electrons. The van der Waals surface area contributed by atoms with E-state index in [1.54, 1.807) is 24.3 Å². The Bertz CT molecular complexity index is 570. The summed E-state index contributed by atoms with van der Waals surface area (Å²) in [5.74, 6) is -1.09. The van der Waals surface area contributed by atoms with Crippen molar-refractivity contribution < 1.29 is 14.3 Å². The van der Waals surface area contributed by atoms with Crippen LogP contribution < -0.4 is 4.90 Å². The number of para-hydroxylation sites is 1. The second kappa shape index (κ2) is 3.49. The maximum absolute atomic E-state index is 12.0. The second-order valence-corrected chi connectivity index (χ2v) is 5.33. The average molecular weight is 284 g/mol. The van der Waals surface area contributed by atoms with Crippen molar-refractivity contribution in [1.82, 2.24) is 0 Å². The fraction of sp³-hybridized carbons (Fsp3) is 0.167. The Morgan fingerprint density at radius 3 is 2.33 bits per heavy atom. The molecule has 0 aliphatic carbocycles. The molecule has 2 aliphatic heterocycles. The number of esters is 1. The van der Waals surface area contributed by atoms with Crippen LogP contribution in [0.3, 0.4) is 0 Å². The quantitative estimate of drug-likeness (QED) is 0.450. The highest BCUT2D eigenvalue weighted by Gasteiger charge is 2.74. The lowest BCUT2D eigenvalue weighted by Crippen LogP contribution is -2.78. The van der Waals surface area contributed by atoms with E-state index < -0.39 is 21.9 Å². The molecule has 1 unspecified atom stereocenters. The maximum atomic E-state index is 12.0. The SMILES string of the molecule is O=C1C=CC2(O1)N(c1ccccc1)C(=O)C2(Cl)Cl. The van der Waals surface area contributed by atoms with E-state index in [1.807, 2.05) is 6.07 Å². The Kier molecular flexibility index (Phi) is 2.24. The normalized spacial score (nSPS) is 28.4. The van der Waals surface area contributed by atoms with Crippen molar-refractivity contribution in [3.8, 4) is 0 Å². The van der Waals surface area contributed by atoms with E-state index in [1.165, 1.54) is 17.1 Å². The van der Waals surface area contributed by atoms with Crippen molar-refractivity contribution in [2.45, 2.75) is 10.1 Å². The summed E-state index contributed by atoms with van der Waals surface area (Å²) >= 11 is 11.9. The molecule has 4 nitrogen and oxygen atoms in total. The minimum Gasteiger partial charge on any atom is -0.428 e. The summed E-state index contributed by atoms with van der Waals surface area (Å²) in [4.78, 5) is 24.5. The molecule has 18 heavy (non-hydrogen) atoms. The zero-order valence-electron chi connectivity index (χ0n) is 8.97. The number of β-lactam (4-membered cyclic amide) rings is 1. The van der Waals surface area contributed by atoms with Crippen molar-refractivity contribution in [3.63, 3.8) is 0 Å². The third-order valence-electron chi connectivity index (χ3n) is 2.97. The van der Waals surface area contributed by atoms with E-state index in [9.17, 15) is 9.59 Å². The van der Waals surface area contributed by atoms with Gasteiger partial charge in [0.1, 0.15) is 0 Å². The number of rotatable bonds is 1. The second-order valence-electron chi connectivity index (χ2n) is 4.00. The minimum atomic E-state index is -1.79. The van der Waals surface area contributed by atoms with Gasteiger partial charge in [-0.15, -0.1) is 0 Å². The number of hydrogen-bond donors (Lipinski definition) is 0. The molecular weight excluding hydrogens is 277 g/mol. The first-order valence-electron chi connectivity index (χ1n) is 5.19. The Morgan fingerprint density at radius 1 is 1.11 bits per heavy atom. The molecule has 6 heteroatoms. The van der Waals surface area contributed by atoms with Gasteiger partial charge in [0.2, 0.25) is 0 Å². The van der Waals surface area contributed by atoms with Gasteiger partial charge in [0, 0.05) is 11.8 Å². The van der Waals surface area contributed by atoms with Crippen molar-refractivity contribution in [2.24, 2.45) is 0 Å². The Morgan fingerprint density at radius 2 is 1.78 bits per heavy atom. The summed E-state index contributed by atoms with van der Waals surface area (Å²) in [5, 5.41) is 0. The average Bonchev–Trinajstić information content (AvgIpc) is 2.76. The molecule has 1 aromatic rings. The van der Waals surface area contributed by atoms with Gasteiger partial charge in [-0.3, -0.25) is 9.69 Å². The van der Waals surface area contributed by atoms with Gasteiger partial charge in [-0.1, -0.05) is 41.4 Å². The van der Waals surface area contributed by atoms with Gasteiger partial charge >= 0.3 is 5.97 Å². The van der Waals surface area contributed by atoms with E-state index in [2.05, 4.69) is 0 Å². The third kappa shape index (κ3) is 1.22. The molecule has 1 amide bonds. The number of halogens is 2. The van der Waals surface area contributed by atoms with Gasteiger partial charge in [-0.05, 0) is 18.2 Å². The van der Waals surface area contributed by atoms with Gasteiger partial charge in [0.25, 0.3) is 16.0 Å². The molecule has 1 fully saturated rings. The molecule has 0 N–H and O–H groups in total. The zero-order valence-corrected chi connectivity index (χ0v) is 10.5. The number of anilines is 1. The van der Waals surface area contributed by atoms with E-state index in [-0.39, 0.29) is 0 Å². The molecular formula is C12H7Cl2NO3. The molecule has 1 saturated heterocycles. The lowest BCUT2D eigenvalue weighted by atomic mass is 9.94. The van der Waals surface area contributed by atoms with E-state index in [4.69, 9.17) is 27.9 Å². The summed E-state index contributed by atoms with van der Waals surface area (Å²) in [6.45, 7) is 0. The van der Waals surface area contributed by atoms with E-state index in [0.29, 0.717) is 5.69 Å². The molecule has 2 heterocycles. The molecule has 0 saturated carbocycles. The monoisotopic (exact) mass is 283 g/mol. The molecule has 1 aromatic carbocycles. The maximum Gasteiger partial charge on any atom is 0.333 e. The number of carbonyl (C=O) groups is 2. The van der Waals surface area contributed by atoms with Crippen LogP contribution in [0.1, 0.15) is 0 Å². The van der Waals surface area contributed by atoms with E-state index in [0.717, 1.165) is 0 Å². The number of benzene rings is 1. The first kappa shape index (κ1) is 11.6. The van der Waals surface area contributed by atoms with Crippen LogP contribution in [0, 0.1) is 0 Å². The summed E-state index contributed by atoms with van der Waals surface area (Å²) in [7, 11) is 0. The highest BCUT2D eigenvalue weighted by Crippen LogP contribution is 2.54. The Hall–Kier alpha value is -1.52. The predicted molar refractivity (Wildman–Crippen MR) is 66.3 cm³/mol. The van der Waals surface area contributed by atoms with Crippen molar-refractivity contribution >= 4 is 40.8 Å². The number of hydrogen-bond acceptors (Lipinski definition) is 3. The van der Waals surface area contributed by atoms with Crippen LogP contribution in [0.2, 0.25) is 0 Å². The van der Waals surface area contributed by atoms with Crippen molar-refractivity contribution in [3.05, 3.63) is 42.5 Å². The minimum absolute atomic E-state index is 0.517. The van der Waals surface area contributed by atoms with Gasteiger partial charge in [-0.25, -0.2) is 4.79 Å². The highest BCUT2D eigenvalue weighted by molar-refractivity contribution is 6.63. The third-order valence-corrected chi connectivity index (χ3v) is 3.83. The lowest BCUT2D eigenvalue weighted by molar-refractivity contribution is -0.158. The number of carbonyl (C=O) groups excluding carboxylic acids is 2. The number of ether oxygens (including phenoxy) is 1. The van der Waals surface area contributed by atoms with Crippen LogP contribution in [-0.2, 0) is 14.3 Å². The molecule has 0 radical (unpaired) electrons. The predicted octanol–water partition coefficient (Wildman–Crippen LogP) is 2.02. The van der Waals surface area contributed by atoms with Gasteiger partial charge in [0.05, 0.1) is 0 Å². The summed E-state index contributed by atoms with van der Waals surface area (Å²) in [6, 6.07) is 8.76. The fourth-order valence-corrected chi connectivity index (χ4v) is 2.65. The van der Waals surface area contributed by atoms with Crippen molar-refractivity contribution in [1.29, 1.82) is 0 Å². The summed E-state index contributed by atoms with van der Waals surface area (Å²) < 4.78 is 3.34. The van der Waals surface area contributed by atoms with Crippen LogP contribution >= 0.6 is 23.2 Å². The van der Waals surface area contributed by atoms with Gasteiger partial charge in [0.15, 0.2) is 0 Å². The summed E-state index contributed by atoms with van der Waals surface area (Å²) in [6.07, 6.45) is 2.62. The zero-order chi connectivity index (χ0) is 13.0. The largest absolute Gasteiger partial charge is 0.428 e. The molecule has 3 rings (SSSR count).